The Morgan fingerprint density at radius 3 is 1.18 bits per heavy atom. The fraction of sp³-hybridized carbons (Fsp3) is 0.938. The van der Waals surface area contributed by atoms with Crippen LogP contribution in [0.3, 0.4) is 0 Å². The minimum absolute atomic E-state index is 0.00690. The van der Waals surface area contributed by atoms with Gasteiger partial charge in [-0.15, -0.1) is 0 Å². The molecule has 0 aliphatic heterocycles. The third-order valence-electron chi connectivity index (χ3n) is 11.0. The first-order chi connectivity index (χ1) is 25.2. The van der Waals surface area contributed by atoms with Gasteiger partial charge >= 0.3 is 5.97 Å². The lowest BCUT2D eigenvalue weighted by atomic mass is 10.0. The van der Waals surface area contributed by atoms with E-state index in [-0.39, 0.29) is 12.1 Å². The molecule has 0 spiro atoms. The number of ether oxygens (including phenoxy) is 1. The Hall–Kier alpha value is -0.830. The fourth-order valence-corrected chi connectivity index (χ4v) is 7.39. The molecule has 3 nitrogen and oxygen atoms in total. The van der Waals surface area contributed by atoms with Crippen molar-refractivity contribution in [1.29, 1.82) is 0 Å². The van der Waals surface area contributed by atoms with E-state index < -0.39 is 0 Å². The van der Waals surface area contributed by atoms with Crippen molar-refractivity contribution in [3.05, 3.63) is 12.2 Å². The fourth-order valence-electron chi connectivity index (χ4n) is 7.39. The molecular formula is C48H94O3. The largest absolute Gasteiger partial charge is 0.466 e. The average Bonchev–Trinajstić information content (AvgIpc) is 3.13. The van der Waals surface area contributed by atoms with Gasteiger partial charge in [-0.1, -0.05) is 244 Å². The molecule has 0 fully saturated rings. The van der Waals surface area contributed by atoms with Crippen molar-refractivity contribution in [1.82, 2.24) is 0 Å². The summed E-state index contributed by atoms with van der Waals surface area (Å²) >= 11 is 0. The zero-order chi connectivity index (χ0) is 37.0. The average molecular weight is 719 g/mol. The molecule has 0 aromatic rings. The second kappa shape index (κ2) is 45.3. The first-order valence-corrected chi connectivity index (χ1v) is 23.7. The highest BCUT2D eigenvalue weighted by atomic mass is 16.5. The predicted molar refractivity (Wildman–Crippen MR) is 227 cm³/mol. The molecule has 3 heteroatoms. The van der Waals surface area contributed by atoms with Gasteiger partial charge in [0, 0.05) is 6.42 Å². The van der Waals surface area contributed by atoms with Crippen molar-refractivity contribution < 1.29 is 14.6 Å². The molecular weight excluding hydrogens is 625 g/mol. The number of unbranched alkanes of at least 4 members (excludes halogenated alkanes) is 35. The van der Waals surface area contributed by atoms with Crippen LogP contribution in [0, 0.1) is 0 Å². The van der Waals surface area contributed by atoms with E-state index in [0.717, 1.165) is 44.9 Å². The van der Waals surface area contributed by atoms with Crippen molar-refractivity contribution in [2.45, 2.75) is 283 Å². The second-order valence-electron chi connectivity index (χ2n) is 16.3. The quantitative estimate of drug-likeness (QED) is 0.0387. The molecule has 1 atom stereocenters. The second-order valence-corrected chi connectivity index (χ2v) is 16.3. The maximum atomic E-state index is 12.0. The standard InChI is InChI=1S/C48H94O3/c1-3-5-7-9-10-11-12-13-14-15-16-17-18-19-20-21-22-23-24-25-26-27-28-31-34-37-41-45-48(50)51-46-42-38-35-32-29-30-33-36-40-44-47(49)43-39-8-6-4-2/h36,40,47,49H,3-35,37-39,41-46H2,1-2H3/b40-36-/t47-/m1/s1. The summed E-state index contributed by atoms with van der Waals surface area (Å²) in [5.74, 6) is 0.00690. The van der Waals surface area contributed by atoms with Crippen LogP contribution in [0.25, 0.3) is 0 Å². The molecule has 0 radical (unpaired) electrons. The highest BCUT2D eigenvalue weighted by molar-refractivity contribution is 5.69. The van der Waals surface area contributed by atoms with Crippen LogP contribution >= 0.6 is 0 Å². The highest BCUT2D eigenvalue weighted by Gasteiger charge is 2.03. The van der Waals surface area contributed by atoms with Crippen LogP contribution in [-0.4, -0.2) is 23.8 Å². The van der Waals surface area contributed by atoms with Gasteiger partial charge in [-0.2, -0.15) is 0 Å². The number of esters is 1. The molecule has 0 rings (SSSR count). The summed E-state index contributed by atoms with van der Waals surface area (Å²) in [5, 5.41) is 10.0. The molecule has 0 saturated carbocycles. The van der Waals surface area contributed by atoms with Gasteiger partial charge in [0.1, 0.15) is 0 Å². The van der Waals surface area contributed by atoms with Crippen LogP contribution in [0.4, 0.5) is 0 Å². The van der Waals surface area contributed by atoms with Gasteiger partial charge < -0.3 is 9.84 Å². The summed E-state index contributed by atoms with van der Waals surface area (Å²) in [5.41, 5.74) is 0. The molecule has 1 N–H and O–H groups in total. The van der Waals surface area contributed by atoms with E-state index in [1.54, 1.807) is 0 Å². The van der Waals surface area contributed by atoms with Gasteiger partial charge in [0.25, 0.3) is 0 Å². The van der Waals surface area contributed by atoms with Crippen molar-refractivity contribution in [3.63, 3.8) is 0 Å². The molecule has 0 saturated heterocycles. The predicted octanol–water partition coefficient (Wildman–Crippen LogP) is 16.5. The number of aliphatic hydroxyl groups is 1. The minimum Gasteiger partial charge on any atom is -0.466 e. The number of rotatable bonds is 44. The number of allylic oxidation sites excluding steroid dienone is 1. The van der Waals surface area contributed by atoms with Crippen molar-refractivity contribution in [2.75, 3.05) is 6.61 Å². The summed E-state index contributed by atoms with van der Waals surface area (Å²) in [6.07, 6.45) is 57.9. The number of hydrogen-bond donors (Lipinski definition) is 1. The van der Waals surface area contributed by atoms with Gasteiger partial charge in [0.2, 0.25) is 0 Å². The van der Waals surface area contributed by atoms with Gasteiger partial charge in [-0.05, 0) is 38.5 Å². The number of aliphatic hydroxyl groups excluding tert-OH is 1. The first-order valence-electron chi connectivity index (χ1n) is 23.7. The minimum atomic E-state index is -0.157. The van der Waals surface area contributed by atoms with E-state index in [0.29, 0.717) is 13.0 Å². The van der Waals surface area contributed by atoms with Gasteiger partial charge in [0.15, 0.2) is 0 Å². The molecule has 0 aliphatic carbocycles. The molecule has 0 unspecified atom stereocenters. The van der Waals surface area contributed by atoms with Crippen LogP contribution in [0.1, 0.15) is 277 Å². The molecule has 0 amide bonds. The SMILES string of the molecule is CCCCCCCCCCCCCCCCCCCCCCCCCCCCCC(=O)OCCCCCCCC/C=C\C[C@H](O)CCCCCC. The van der Waals surface area contributed by atoms with E-state index in [2.05, 4.69) is 26.0 Å². The van der Waals surface area contributed by atoms with Crippen molar-refractivity contribution in [3.8, 4) is 0 Å². The van der Waals surface area contributed by atoms with Crippen LogP contribution < -0.4 is 0 Å². The van der Waals surface area contributed by atoms with Crippen LogP contribution in [0.2, 0.25) is 0 Å². The number of hydrogen-bond acceptors (Lipinski definition) is 3. The smallest absolute Gasteiger partial charge is 0.305 e. The van der Waals surface area contributed by atoms with E-state index >= 15 is 0 Å². The van der Waals surface area contributed by atoms with E-state index in [9.17, 15) is 9.90 Å². The van der Waals surface area contributed by atoms with Gasteiger partial charge in [-0.3, -0.25) is 4.79 Å². The van der Waals surface area contributed by atoms with Gasteiger partial charge in [-0.25, -0.2) is 0 Å². The Morgan fingerprint density at radius 2 is 0.765 bits per heavy atom. The van der Waals surface area contributed by atoms with Crippen LogP contribution in [0.15, 0.2) is 12.2 Å². The lowest BCUT2D eigenvalue weighted by molar-refractivity contribution is -0.143. The monoisotopic (exact) mass is 719 g/mol. The summed E-state index contributed by atoms with van der Waals surface area (Å²) in [6.45, 7) is 5.13. The highest BCUT2D eigenvalue weighted by Crippen LogP contribution is 2.17. The molecule has 0 aromatic heterocycles. The lowest BCUT2D eigenvalue weighted by Crippen LogP contribution is -2.05. The summed E-state index contributed by atoms with van der Waals surface area (Å²) in [7, 11) is 0. The molecule has 0 aromatic carbocycles. The number of carbonyl (C=O) groups is 1. The molecule has 51 heavy (non-hydrogen) atoms. The maximum Gasteiger partial charge on any atom is 0.305 e. The van der Waals surface area contributed by atoms with E-state index in [1.807, 2.05) is 0 Å². The summed E-state index contributed by atoms with van der Waals surface area (Å²) in [6, 6.07) is 0. The molecule has 304 valence electrons. The van der Waals surface area contributed by atoms with Crippen molar-refractivity contribution in [2.24, 2.45) is 0 Å². The Morgan fingerprint density at radius 1 is 0.431 bits per heavy atom. The van der Waals surface area contributed by atoms with Crippen molar-refractivity contribution >= 4 is 5.97 Å². The van der Waals surface area contributed by atoms with E-state index in [1.165, 1.54) is 212 Å². The maximum absolute atomic E-state index is 12.0. The van der Waals surface area contributed by atoms with E-state index in [4.69, 9.17) is 4.74 Å². The van der Waals surface area contributed by atoms with Crippen LogP contribution in [-0.2, 0) is 9.53 Å². The summed E-state index contributed by atoms with van der Waals surface area (Å²) in [4.78, 5) is 12.0. The topological polar surface area (TPSA) is 46.5 Å². The third-order valence-corrected chi connectivity index (χ3v) is 11.0. The molecule has 0 aliphatic rings. The number of carbonyl (C=O) groups excluding carboxylic acids is 1. The Balaban J connectivity index is 3.20. The Labute approximate surface area is 321 Å². The summed E-state index contributed by atoms with van der Waals surface area (Å²) < 4.78 is 5.46. The van der Waals surface area contributed by atoms with Crippen LogP contribution in [0.5, 0.6) is 0 Å². The molecule has 0 heterocycles. The Bertz CT molecular complexity index is 673. The normalized spacial score (nSPS) is 12.3. The Kier molecular flexibility index (Phi) is 44.6. The lowest BCUT2D eigenvalue weighted by Gasteiger charge is -2.07. The molecule has 0 bridgehead atoms. The van der Waals surface area contributed by atoms with Gasteiger partial charge in [0.05, 0.1) is 12.7 Å². The zero-order valence-corrected chi connectivity index (χ0v) is 35.2. The third kappa shape index (κ3) is 45.3. The zero-order valence-electron chi connectivity index (χ0n) is 35.2. The first kappa shape index (κ1) is 50.2.